The Morgan fingerprint density at radius 3 is 2.79 bits per heavy atom. The van der Waals surface area contributed by atoms with Gasteiger partial charge in [0, 0.05) is 28.3 Å². The average Bonchev–Trinajstić information content (AvgIpc) is 2.96. The molecule has 2 unspecified atom stereocenters. The summed E-state index contributed by atoms with van der Waals surface area (Å²) in [6, 6.07) is 0.790. The molecule has 0 aromatic heterocycles. The van der Waals surface area contributed by atoms with Crippen LogP contribution in [-0.4, -0.2) is 28.3 Å². The van der Waals surface area contributed by atoms with Crippen molar-refractivity contribution in [2.45, 2.75) is 45.6 Å². The molecule has 1 fully saturated rings. The second-order valence-electron chi connectivity index (χ2n) is 4.41. The van der Waals surface area contributed by atoms with Gasteiger partial charge in [-0.3, -0.25) is 4.21 Å². The Hall–Kier alpha value is 0.110. The lowest BCUT2D eigenvalue weighted by molar-refractivity contribution is 0.611. The van der Waals surface area contributed by atoms with Crippen molar-refractivity contribution in [2.75, 3.05) is 18.1 Å². The summed E-state index contributed by atoms with van der Waals surface area (Å²) in [4.78, 5) is 0. The van der Waals surface area contributed by atoms with Crippen LogP contribution in [0.2, 0.25) is 0 Å². The predicted molar refractivity (Wildman–Crippen MR) is 63.0 cm³/mol. The van der Waals surface area contributed by atoms with E-state index in [4.69, 9.17) is 0 Å². The van der Waals surface area contributed by atoms with E-state index in [2.05, 4.69) is 19.2 Å². The van der Waals surface area contributed by atoms with E-state index in [0.29, 0.717) is 5.92 Å². The number of rotatable bonds is 8. The van der Waals surface area contributed by atoms with Crippen LogP contribution in [0.25, 0.3) is 0 Å². The van der Waals surface area contributed by atoms with E-state index in [1.54, 1.807) is 0 Å². The van der Waals surface area contributed by atoms with E-state index < -0.39 is 10.8 Å². The van der Waals surface area contributed by atoms with Crippen LogP contribution in [0.4, 0.5) is 0 Å². The van der Waals surface area contributed by atoms with Gasteiger partial charge in [0.1, 0.15) is 0 Å². The van der Waals surface area contributed by atoms with Crippen molar-refractivity contribution in [1.29, 1.82) is 0 Å². The summed E-state index contributed by atoms with van der Waals surface area (Å²) in [7, 11) is -0.584. The van der Waals surface area contributed by atoms with Gasteiger partial charge in [0.15, 0.2) is 0 Å². The van der Waals surface area contributed by atoms with Gasteiger partial charge in [-0.05, 0) is 31.7 Å². The summed E-state index contributed by atoms with van der Waals surface area (Å²) in [5, 5.41) is 3.44. The predicted octanol–water partition coefficient (Wildman–Crippen LogP) is 1.92. The number of hydrogen-bond acceptors (Lipinski definition) is 2. The zero-order chi connectivity index (χ0) is 10.4. The van der Waals surface area contributed by atoms with E-state index in [9.17, 15) is 4.21 Å². The molecule has 84 valence electrons. The maximum Gasteiger partial charge on any atom is 0.0260 e. The van der Waals surface area contributed by atoms with Crippen molar-refractivity contribution in [3.63, 3.8) is 0 Å². The standard InChI is InChI=1S/C11H23NOS/c1-3-10(2)9-14(13)8-4-7-12-11-5-6-11/h10-12H,3-9H2,1-2H3. The number of nitrogens with one attached hydrogen (secondary N) is 1. The summed E-state index contributed by atoms with van der Waals surface area (Å²) in [6.07, 6.45) is 4.90. The quantitative estimate of drug-likeness (QED) is 0.629. The summed E-state index contributed by atoms with van der Waals surface area (Å²) in [5.41, 5.74) is 0. The van der Waals surface area contributed by atoms with Crippen molar-refractivity contribution in [1.82, 2.24) is 5.32 Å². The molecule has 0 heterocycles. The second-order valence-corrected chi connectivity index (χ2v) is 6.03. The van der Waals surface area contributed by atoms with Crippen molar-refractivity contribution in [3.8, 4) is 0 Å². The molecule has 0 radical (unpaired) electrons. The highest BCUT2D eigenvalue weighted by Gasteiger charge is 2.19. The first-order valence-electron chi connectivity index (χ1n) is 5.80. The Bertz CT molecular complexity index is 180. The first-order chi connectivity index (χ1) is 6.72. The molecule has 2 nitrogen and oxygen atoms in total. The van der Waals surface area contributed by atoms with E-state index in [1.807, 2.05) is 0 Å². The summed E-state index contributed by atoms with van der Waals surface area (Å²) in [5.74, 6) is 2.39. The summed E-state index contributed by atoms with van der Waals surface area (Å²) in [6.45, 7) is 5.40. The molecule has 0 aromatic rings. The zero-order valence-corrected chi connectivity index (χ0v) is 10.2. The minimum absolute atomic E-state index is 0.584. The summed E-state index contributed by atoms with van der Waals surface area (Å²) < 4.78 is 11.6. The van der Waals surface area contributed by atoms with Crippen LogP contribution in [0, 0.1) is 5.92 Å². The third-order valence-corrected chi connectivity index (χ3v) is 4.41. The fourth-order valence-electron chi connectivity index (χ4n) is 1.35. The Morgan fingerprint density at radius 2 is 2.21 bits per heavy atom. The molecule has 1 aliphatic rings. The van der Waals surface area contributed by atoms with Crippen molar-refractivity contribution < 1.29 is 4.21 Å². The van der Waals surface area contributed by atoms with E-state index in [0.717, 1.165) is 36.9 Å². The molecule has 1 N–H and O–H groups in total. The first kappa shape index (κ1) is 12.2. The van der Waals surface area contributed by atoms with E-state index >= 15 is 0 Å². The highest BCUT2D eigenvalue weighted by Crippen LogP contribution is 2.18. The monoisotopic (exact) mass is 217 g/mol. The van der Waals surface area contributed by atoms with Crippen molar-refractivity contribution in [2.24, 2.45) is 5.92 Å². The largest absolute Gasteiger partial charge is 0.314 e. The molecule has 0 amide bonds. The molecule has 0 saturated heterocycles. The molecule has 14 heavy (non-hydrogen) atoms. The Labute approximate surface area is 90.3 Å². The minimum Gasteiger partial charge on any atom is -0.314 e. The van der Waals surface area contributed by atoms with Crippen LogP contribution in [0.15, 0.2) is 0 Å². The average molecular weight is 217 g/mol. The van der Waals surface area contributed by atoms with Gasteiger partial charge >= 0.3 is 0 Å². The van der Waals surface area contributed by atoms with Crippen LogP contribution in [-0.2, 0) is 10.8 Å². The van der Waals surface area contributed by atoms with Crippen molar-refractivity contribution in [3.05, 3.63) is 0 Å². The molecule has 3 heteroatoms. The fraction of sp³-hybridized carbons (Fsp3) is 1.00. The van der Waals surface area contributed by atoms with Crippen LogP contribution >= 0.6 is 0 Å². The molecular formula is C11H23NOS. The molecule has 0 aliphatic heterocycles. The van der Waals surface area contributed by atoms with Gasteiger partial charge in [0.2, 0.25) is 0 Å². The van der Waals surface area contributed by atoms with Crippen LogP contribution in [0.3, 0.4) is 0 Å². The third-order valence-electron chi connectivity index (χ3n) is 2.73. The zero-order valence-electron chi connectivity index (χ0n) is 9.42. The van der Waals surface area contributed by atoms with Gasteiger partial charge in [-0.2, -0.15) is 0 Å². The SMILES string of the molecule is CCC(C)CS(=O)CCCNC1CC1. The maximum absolute atomic E-state index is 11.6. The molecule has 0 bridgehead atoms. The highest BCUT2D eigenvalue weighted by molar-refractivity contribution is 7.84. The van der Waals surface area contributed by atoms with Gasteiger partial charge in [-0.1, -0.05) is 20.3 Å². The molecule has 0 aromatic carbocycles. The highest BCUT2D eigenvalue weighted by atomic mass is 32.2. The molecular weight excluding hydrogens is 194 g/mol. The Morgan fingerprint density at radius 1 is 1.50 bits per heavy atom. The Kier molecular flexibility index (Phi) is 5.71. The molecule has 0 spiro atoms. The topological polar surface area (TPSA) is 29.1 Å². The fourth-order valence-corrected chi connectivity index (χ4v) is 2.85. The van der Waals surface area contributed by atoms with Gasteiger partial charge < -0.3 is 5.32 Å². The summed E-state index contributed by atoms with van der Waals surface area (Å²) >= 11 is 0. The van der Waals surface area contributed by atoms with E-state index in [1.165, 1.54) is 12.8 Å². The van der Waals surface area contributed by atoms with Gasteiger partial charge in [-0.25, -0.2) is 0 Å². The molecule has 1 rings (SSSR count). The lowest BCUT2D eigenvalue weighted by Crippen LogP contribution is -2.20. The van der Waals surface area contributed by atoms with Gasteiger partial charge in [-0.15, -0.1) is 0 Å². The number of hydrogen-bond donors (Lipinski definition) is 1. The van der Waals surface area contributed by atoms with Gasteiger partial charge in [0.25, 0.3) is 0 Å². The van der Waals surface area contributed by atoms with Crippen LogP contribution < -0.4 is 5.32 Å². The molecule has 1 aliphatic carbocycles. The second kappa shape index (κ2) is 6.57. The van der Waals surface area contributed by atoms with Crippen LogP contribution in [0.5, 0.6) is 0 Å². The third kappa shape index (κ3) is 5.76. The van der Waals surface area contributed by atoms with Gasteiger partial charge in [0.05, 0.1) is 0 Å². The normalized spacial score (nSPS) is 20.7. The molecule has 1 saturated carbocycles. The lowest BCUT2D eigenvalue weighted by atomic mass is 10.2. The minimum atomic E-state index is -0.584. The van der Waals surface area contributed by atoms with E-state index in [-0.39, 0.29) is 0 Å². The maximum atomic E-state index is 11.6. The lowest BCUT2D eigenvalue weighted by Gasteiger charge is -2.08. The molecule has 2 atom stereocenters. The van der Waals surface area contributed by atoms with Crippen LogP contribution in [0.1, 0.15) is 39.5 Å². The smallest absolute Gasteiger partial charge is 0.0260 e. The Balaban J connectivity index is 1.91. The first-order valence-corrected chi connectivity index (χ1v) is 7.29. The van der Waals surface area contributed by atoms with Crippen molar-refractivity contribution >= 4 is 10.8 Å².